The van der Waals surface area contributed by atoms with Crippen molar-refractivity contribution in [1.82, 2.24) is 4.98 Å². The molecule has 1 aromatic heterocycles. The molecule has 0 aliphatic rings. The van der Waals surface area contributed by atoms with Gasteiger partial charge in [-0.3, -0.25) is 0 Å². The second kappa shape index (κ2) is 6.20. The number of nitrogens with zero attached hydrogens (tertiary/aromatic N) is 1. The lowest BCUT2D eigenvalue weighted by atomic mass is 9.93. The molecule has 1 rings (SSSR count). The van der Waals surface area contributed by atoms with E-state index in [-0.39, 0.29) is 0 Å². The first kappa shape index (κ1) is 12.6. The minimum Gasteiger partial charge on any atom is -0.375 e. The Morgan fingerprint density at radius 2 is 2.27 bits per heavy atom. The summed E-state index contributed by atoms with van der Waals surface area (Å²) in [4.78, 5) is 4.55. The molecule has 1 unspecified atom stereocenters. The lowest BCUT2D eigenvalue weighted by molar-refractivity contribution is 0.133. The molecule has 0 aliphatic carbocycles. The van der Waals surface area contributed by atoms with E-state index in [1.54, 1.807) is 11.3 Å². The molecule has 0 bridgehead atoms. The quantitative estimate of drug-likeness (QED) is 0.813. The van der Waals surface area contributed by atoms with E-state index in [0.717, 1.165) is 17.3 Å². The number of hydrogen-bond acceptors (Lipinski definition) is 4. The molecule has 1 atom stereocenters. The molecular formula is C11H20N2OS. The summed E-state index contributed by atoms with van der Waals surface area (Å²) in [6.07, 6.45) is 0. The van der Waals surface area contributed by atoms with E-state index in [1.807, 2.05) is 6.92 Å². The first-order chi connectivity index (χ1) is 7.19. The zero-order chi connectivity index (χ0) is 11.3. The highest BCUT2D eigenvalue weighted by molar-refractivity contribution is 7.09. The van der Waals surface area contributed by atoms with Gasteiger partial charge < -0.3 is 10.5 Å². The average molecular weight is 228 g/mol. The minimum atomic E-state index is 0.372. The van der Waals surface area contributed by atoms with Crippen molar-refractivity contribution in [1.29, 1.82) is 0 Å². The molecule has 4 heteroatoms. The van der Waals surface area contributed by atoms with Gasteiger partial charge in [-0.15, -0.1) is 11.3 Å². The van der Waals surface area contributed by atoms with Gasteiger partial charge in [0.15, 0.2) is 0 Å². The molecule has 15 heavy (non-hydrogen) atoms. The van der Waals surface area contributed by atoms with Crippen molar-refractivity contribution in [2.45, 2.75) is 33.3 Å². The van der Waals surface area contributed by atoms with Gasteiger partial charge in [-0.1, -0.05) is 13.8 Å². The lowest BCUT2D eigenvalue weighted by Gasteiger charge is -2.15. The Kier molecular flexibility index (Phi) is 5.22. The van der Waals surface area contributed by atoms with E-state index in [4.69, 9.17) is 10.5 Å². The van der Waals surface area contributed by atoms with Gasteiger partial charge in [0.1, 0.15) is 5.01 Å². The normalized spacial score (nSPS) is 13.4. The van der Waals surface area contributed by atoms with E-state index >= 15 is 0 Å². The Hall–Kier alpha value is -0.450. The summed E-state index contributed by atoms with van der Waals surface area (Å²) in [6, 6.07) is 0. The van der Waals surface area contributed by atoms with Crippen molar-refractivity contribution in [3.05, 3.63) is 16.1 Å². The molecule has 0 fully saturated rings. The Bertz CT molecular complexity index is 286. The van der Waals surface area contributed by atoms with Crippen molar-refractivity contribution in [3.63, 3.8) is 0 Å². The van der Waals surface area contributed by atoms with E-state index in [2.05, 4.69) is 24.2 Å². The number of aromatic nitrogens is 1. The van der Waals surface area contributed by atoms with Crippen LogP contribution in [0.15, 0.2) is 5.38 Å². The van der Waals surface area contributed by atoms with Gasteiger partial charge >= 0.3 is 0 Å². The van der Waals surface area contributed by atoms with Gasteiger partial charge in [-0.05, 0) is 12.8 Å². The van der Waals surface area contributed by atoms with E-state index in [0.29, 0.717) is 25.0 Å². The van der Waals surface area contributed by atoms with E-state index in [9.17, 15) is 0 Å². The topological polar surface area (TPSA) is 48.1 Å². The standard InChI is InChI=1S/C11H20N2OS/c1-4-14-6-11-13-10(7-15-11)9(5-12)8(2)3/h7-9H,4-6,12H2,1-3H3. The highest BCUT2D eigenvalue weighted by Crippen LogP contribution is 2.24. The van der Waals surface area contributed by atoms with Crippen molar-refractivity contribution in [2.75, 3.05) is 13.2 Å². The summed E-state index contributed by atoms with van der Waals surface area (Å²) in [7, 11) is 0. The average Bonchev–Trinajstić information content (AvgIpc) is 2.64. The zero-order valence-corrected chi connectivity index (χ0v) is 10.5. The molecule has 0 saturated carbocycles. The number of thiazole rings is 1. The minimum absolute atomic E-state index is 0.372. The Morgan fingerprint density at radius 1 is 1.53 bits per heavy atom. The Labute approximate surface area is 95.7 Å². The Morgan fingerprint density at radius 3 is 2.80 bits per heavy atom. The maximum atomic E-state index is 5.75. The fraction of sp³-hybridized carbons (Fsp3) is 0.727. The molecule has 3 nitrogen and oxygen atoms in total. The maximum Gasteiger partial charge on any atom is 0.119 e. The number of rotatable bonds is 6. The van der Waals surface area contributed by atoms with Crippen LogP contribution in [0.4, 0.5) is 0 Å². The summed E-state index contributed by atoms with van der Waals surface area (Å²) in [5.74, 6) is 0.911. The van der Waals surface area contributed by atoms with Gasteiger partial charge in [0.25, 0.3) is 0 Å². The summed E-state index contributed by atoms with van der Waals surface area (Å²) >= 11 is 1.66. The predicted molar refractivity (Wildman–Crippen MR) is 64.1 cm³/mol. The van der Waals surface area contributed by atoms with Crippen molar-refractivity contribution < 1.29 is 4.74 Å². The second-order valence-corrected chi connectivity index (χ2v) is 4.83. The summed E-state index contributed by atoms with van der Waals surface area (Å²) in [5.41, 5.74) is 6.87. The van der Waals surface area contributed by atoms with Crippen LogP contribution < -0.4 is 5.73 Å². The third-order valence-electron chi connectivity index (χ3n) is 2.44. The van der Waals surface area contributed by atoms with Crippen LogP contribution in [0.2, 0.25) is 0 Å². The molecule has 0 radical (unpaired) electrons. The molecular weight excluding hydrogens is 208 g/mol. The molecule has 1 heterocycles. The van der Waals surface area contributed by atoms with Crippen LogP contribution in [-0.4, -0.2) is 18.1 Å². The largest absolute Gasteiger partial charge is 0.375 e. The Balaban J connectivity index is 2.65. The summed E-state index contributed by atoms with van der Waals surface area (Å²) in [6.45, 7) is 8.37. The molecule has 86 valence electrons. The van der Waals surface area contributed by atoms with Gasteiger partial charge in [-0.2, -0.15) is 0 Å². The lowest BCUT2D eigenvalue weighted by Crippen LogP contribution is -2.18. The molecule has 0 aliphatic heterocycles. The van der Waals surface area contributed by atoms with Crippen molar-refractivity contribution in [2.24, 2.45) is 11.7 Å². The molecule has 1 aromatic rings. The molecule has 0 saturated heterocycles. The molecule has 0 spiro atoms. The highest BCUT2D eigenvalue weighted by Gasteiger charge is 2.17. The number of ether oxygens (including phenoxy) is 1. The summed E-state index contributed by atoms with van der Waals surface area (Å²) < 4.78 is 5.32. The van der Waals surface area contributed by atoms with Crippen molar-refractivity contribution in [3.8, 4) is 0 Å². The van der Waals surface area contributed by atoms with Gasteiger partial charge in [-0.25, -0.2) is 4.98 Å². The zero-order valence-electron chi connectivity index (χ0n) is 9.69. The van der Waals surface area contributed by atoms with Crippen molar-refractivity contribution >= 4 is 11.3 Å². The monoisotopic (exact) mass is 228 g/mol. The predicted octanol–water partition coefficient (Wildman–Crippen LogP) is 2.38. The third-order valence-corrected chi connectivity index (χ3v) is 3.28. The fourth-order valence-electron chi connectivity index (χ4n) is 1.49. The number of nitrogens with two attached hydrogens (primary N) is 1. The third kappa shape index (κ3) is 3.55. The molecule has 0 amide bonds. The van der Waals surface area contributed by atoms with Crippen LogP contribution in [0.25, 0.3) is 0 Å². The molecule has 2 N–H and O–H groups in total. The highest BCUT2D eigenvalue weighted by atomic mass is 32.1. The first-order valence-electron chi connectivity index (χ1n) is 5.41. The van der Waals surface area contributed by atoms with E-state index in [1.165, 1.54) is 0 Å². The van der Waals surface area contributed by atoms with Gasteiger partial charge in [0.2, 0.25) is 0 Å². The maximum absolute atomic E-state index is 5.75. The van der Waals surface area contributed by atoms with Crippen LogP contribution in [0.5, 0.6) is 0 Å². The van der Waals surface area contributed by atoms with Crippen LogP contribution in [0.1, 0.15) is 37.4 Å². The van der Waals surface area contributed by atoms with E-state index < -0.39 is 0 Å². The smallest absolute Gasteiger partial charge is 0.119 e. The van der Waals surface area contributed by atoms with Gasteiger partial charge in [0.05, 0.1) is 12.3 Å². The van der Waals surface area contributed by atoms with Gasteiger partial charge in [0, 0.05) is 24.4 Å². The fourth-order valence-corrected chi connectivity index (χ4v) is 2.28. The number of hydrogen-bond donors (Lipinski definition) is 1. The first-order valence-corrected chi connectivity index (χ1v) is 6.29. The summed E-state index contributed by atoms with van der Waals surface area (Å²) in [5, 5.41) is 3.15. The second-order valence-electron chi connectivity index (χ2n) is 3.89. The van der Waals surface area contributed by atoms with Crippen LogP contribution >= 0.6 is 11.3 Å². The van der Waals surface area contributed by atoms with Crippen LogP contribution in [0, 0.1) is 5.92 Å². The van der Waals surface area contributed by atoms with Crippen LogP contribution in [0.3, 0.4) is 0 Å². The van der Waals surface area contributed by atoms with Crippen LogP contribution in [-0.2, 0) is 11.3 Å². The molecule has 0 aromatic carbocycles. The SMILES string of the molecule is CCOCc1nc(C(CN)C(C)C)cs1.